The predicted octanol–water partition coefficient (Wildman–Crippen LogP) is 3.85. The monoisotopic (exact) mass is 562 g/mol. The van der Waals surface area contributed by atoms with Gasteiger partial charge in [0, 0.05) is 26.3 Å². The summed E-state index contributed by atoms with van der Waals surface area (Å²) in [5.74, 6) is -0.0526. The molecule has 0 aromatic heterocycles. The summed E-state index contributed by atoms with van der Waals surface area (Å²) >= 11 is 0. The third-order valence-electron chi connectivity index (χ3n) is 6.22. The Morgan fingerprint density at radius 2 is 1.46 bits per heavy atom. The molecule has 2 amide bonds. The Hall–Kier alpha value is -4.18. The van der Waals surface area contributed by atoms with E-state index in [-0.39, 0.29) is 32.5 Å². The number of hydrogen-bond acceptors (Lipinski definition) is 7. The number of aliphatic hydroxyl groups excluding tert-OH is 1. The van der Waals surface area contributed by atoms with Crippen molar-refractivity contribution in [2.75, 3.05) is 27.8 Å². The minimum absolute atomic E-state index is 0.0169. The molecule has 0 heterocycles. The standard InChI is InChI=1S/C32H38N2O7/c1-4-26(17-25-15-16-28(40-21-38-2)29(19-25)41-22-39-3)31(36)34-27(18-23-11-7-5-8-12-23)30(35)32(37)33-20-24-13-9-6-10-14-24/h5-17,19,27,30,35H,4,18,20-22H2,1-3H3,(H,33,37)(H,34,36)/b26-17+. The zero-order valence-corrected chi connectivity index (χ0v) is 23.7. The quantitative estimate of drug-likeness (QED) is 0.179. The van der Waals surface area contributed by atoms with Gasteiger partial charge in [0.1, 0.15) is 0 Å². The molecule has 0 aliphatic rings. The molecule has 0 spiro atoms. The maximum absolute atomic E-state index is 13.4. The van der Waals surface area contributed by atoms with Gasteiger partial charge in [-0.2, -0.15) is 0 Å². The summed E-state index contributed by atoms with van der Waals surface area (Å²) < 4.78 is 21.2. The normalized spacial score (nSPS) is 12.7. The van der Waals surface area contributed by atoms with E-state index < -0.39 is 18.1 Å². The molecule has 0 aliphatic carbocycles. The highest BCUT2D eigenvalue weighted by Crippen LogP contribution is 2.29. The van der Waals surface area contributed by atoms with Crippen molar-refractivity contribution in [2.45, 2.75) is 38.5 Å². The number of methoxy groups -OCH3 is 2. The predicted molar refractivity (Wildman–Crippen MR) is 156 cm³/mol. The Kier molecular flexibility index (Phi) is 12.9. The largest absolute Gasteiger partial charge is 0.464 e. The van der Waals surface area contributed by atoms with Crippen molar-refractivity contribution >= 4 is 17.9 Å². The van der Waals surface area contributed by atoms with E-state index >= 15 is 0 Å². The molecule has 0 aliphatic heterocycles. The Balaban J connectivity index is 1.79. The first-order valence-electron chi connectivity index (χ1n) is 13.4. The second-order valence-corrected chi connectivity index (χ2v) is 9.25. The zero-order valence-electron chi connectivity index (χ0n) is 23.7. The molecule has 0 fully saturated rings. The molecule has 3 aromatic carbocycles. The van der Waals surface area contributed by atoms with Gasteiger partial charge >= 0.3 is 0 Å². The van der Waals surface area contributed by atoms with Crippen molar-refractivity contribution in [1.82, 2.24) is 10.6 Å². The first kappa shape index (κ1) is 31.3. The van der Waals surface area contributed by atoms with Crippen LogP contribution in [0.2, 0.25) is 0 Å². The minimum Gasteiger partial charge on any atom is -0.464 e. The van der Waals surface area contributed by atoms with Crippen LogP contribution in [0.3, 0.4) is 0 Å². The lowest BCUT2D eigenvalue weighted by atomic mass is 9.99. The van der Waals surface area contributed by atoms with Gasteiger partial charge in [-0.3, -0.25) is 9.59 Å². The van der Waals surface area contributed by atoms with Gasteiger partial charge < -0.3 is 34.7 Å². The third-order valence-corrected chi connectivity index (χ3v) is 6.22. The molecule has 3 rings (SSSR count). The van der Waals surface area contributed by atoms with Crippen molar-refractivity contribution in [2.24, 2.45) is 0 Å². The number of amides is 2. The lowest BCUT2D eigenvalue weighted by Crippen LogP contribution is -2.51. The summed E-state index contributed by atoms with van der Waals surface area (Å²) in [6.45, 7) is 2.19. The Labute approximate surface area is 241 Å². The van der Waals surface area contributed by atoms with Crippen LogP contribution in [-0.4, -0.2) is 56.9 Å². The van der Waals surface area contributed by atoms with Crippen LogP contribution in [0.4, 0.5) is 0 Å². The van der Waals surface area contributed by atoms with Gasteiger partial charge in [0.2, 0.25) is 5.91 Å². The molecule has 3 aromatic rings. The van der Waals surface area contributed by atoms with Crippen LogP contribution in [0.1, 0.15) is 30.0 Å². The van der Waals surface area contributed by atoms with E-state index in [1.165, 1.54) is 14.2 Å². The number of carbonyl (C=O) groups is 2. The molecule has 2 unspecified atom stereocenters. The van der Waals surface area contributed by atoms with E-state index in [1.54, 1.807) is 24.3 Å². The summed E-state index contributed by atoms with van der Waals surface area (Å²) in [6.07, 6.45) is 0.948. The van der Waals surface area contributed by atoms with Crippen LogP contribution in [0.25, 0.3) is 6.08 Å². The summed E-state index contributed by atoms with van der Waals surface area (Å²) in [4.78, 5) is 26.4. The molecule has 2 atom stereocenters. The number of benzene rings is 3. The summed E-state index contributed by atoms with van der Waals surface area (Å²) in [7, 11) is 3.04. The van der Waals surface area contributed by atoms with Gasteiger partial charge in [0.05, 0.1) is 6.04 Å². The van der Waals surface area contributed by atoms with Crippen LogP contribution in [0.15, 0.2) is 84.4 Å². The maximum atomic E-state index is 13.4. The van der Waals surface area contributed by atoms with Crippen molar-refractivity contribution in [3.05, 3.63) is 101 Å². The fraction of sp³-hybridized carbons (Fsp3) is 0.312. The van der Waals surface area contributed by atoms with Gasteiger partial charge in [-0.25, -0.2) is 0 Å². The molecular formula is C32H38N2O7. The highest BCUT2D eigenvalue weighted by Gasteiger charge is 2.28. The summed E-state index contributed by atoms with van der Waals surface area (Å²) in [5.41, 5.74) is 2.94. The molecule has 0 saturated heterocycles. The highest BCUT2D eigenvalue weighted by atomic mass is 16.7. The van der Waals surface area contributed by atoms with Crippen LogP contribution in [0.5, 0.6) is 11.5 Å². The van der Waals surface area contributed by atoms with Crippen LogP contribution in [-0.2, 0) is 32.0 Å². The van der Waals surface area contributed by atoms with Crippen molar-refractivity contribution in [3.8, 4) is 11.5 Å². The SMILES string of the molecule is CC/C(=C\c1ccc(OCOC)c(OCOC)c1)C(=O)NC(Cc1ccccc1)C(O)C(=O)NCc1ccccc1. The first-order chi connectivity index (χ1) is 19.9. The molecule has 218 valence electrons. The van der Waals surface area contributed by atoms with E-state index in [9.17, 15) is 14.7 Å². The van der Waals surface area contributed by atoms with Crippen LogP contribution >= 0.6 is 0 Å². The molecule has 3 N–H and O–H groups in total. The van der Waals surface area contributed by atoms with Gasteiger partial charge in [-0.1, -0.05) is 73.7 Å². The van der Waals surface area contributed by atoms with E-state index in [0.29, 0.717) is 29.1 Å². The van der Waals surface area contributed by atoms with Crippen LogP contribution in [0, 0.1) is 0 Å². The van der Waals surface area contributed by atoms with Crippen LogP contribution < -0.4 is 20.1 Å². The zero-order chi connectivity index (χ0) is 29.5. The molecule has 0 bridgehead atoms. The van der Waals surface area contributed by atoms with Gasteiger partial charge in [-0.15, -0.1) is 0 Å². The number of carbonyl (C=O) groups excluding carboxylic acids is 2. The Morgan fingerprint density at radius 1 is 0.854 bits per heavy atom. The maximum Gasteiger partial charge on any atom is 0.251 e. The highest BCUT2D eigenvalue weighted by molar-refractivity contribution is 5.98. The van der Waals surface area contributed by atoms with E-state index in [2.05, 4.69) is 10.6 Å². The molecule has 9 heteroatoms. The number of nitrogens with one attached hydrogen (secondary N) is 2. The average Bonchev–Trinajstić information content (AvgIpc) is 3.01. The minimum atomic E-state index is -1.47. The Morgan fingerprint density at radius 3 is 2.07 bits per heavy atom. The van der Waals surface area contributed by atoms with Gasteiger partial charge in [0.25, 0.3) is 5.91 Å². The van der Waals surface area contributed by atoms with E-state index in [0.717, 1.165) is 11.1 Å². The summed E-state index contributed by atoms with van der Waals surface area (Å²) in [5, 5.41) is 16.7. The fourth-order valence-electron chi connectivity index (χ4n) is 4.06. The van der Waals surface area contributed by atoms with Gasteiger partial charge in [-0.05, 0) is 47.7 Å². The number of hydrogen-bond donors (Lipinski definition) is 3. The number of rotatable bonds is 16. The molecule has 0 saturated carbocycles. The van der Waals surface area contributed by atoms with E-state index in [4.69, 9.17) is 18.9 Å². The second-order valence-electron chi connectivity index (χ2n) is 9.25. The molecule has 9 nitrogen and oxygen atoms in total. The number of aliphatic hydroxyl groups is 1. The van der Waals surface area contributed by atoms with Crippen molar-refractivity contribution < 1.29 is 33.6 Å². The smallest absolute Gasteiger partial charge is 0.251 e. The topological polar surface area (TPSA) is 115 Å². The summed E-state index contributed by atoms with van der Waals surface area (Å²) in [6, 6.07) is 23.2. The molecular weight excluding hydrogens is 524 g/mol. The van der Waals surface area contributed by atoms with Crippen molar-refractivity contribution in [1.29, 1.82) is 0 Å². The van der Waals surface area contributed by atoms with Gasteiger partial charge in [0.15, 0.2) is 31.2 Å². The average molecular weight is 563 g/mol. The lowest BCUT2D eigenvalue weighted by molar-refractivity contribution is -0.131. The number of ether oxygens (including phenoxy) is 4. The lowest BCUT2D eigenvalue weighted by Gasteiger charge is -2.24. The Bertz CT molecular complexity index is 1270. The third kappa shape index (κ3) is 10.1. The van der Waals surface area contributed by atoms with E-state index in [1.807, 2.05) is 67.6 Å². The van der Waals surface area contributed by atoms with Crippen molar-refractivity contribution in [3.63, 3.8) is 0 Å². The first-order valence-corrected chi connectivity index (χ1v) is 13.4. The second kappa shape index (κ2) is 16.8. The fourth-order valence-corrected chi connectivity index (χ4v) is 4.06. The molecule has 0 radical (unpaired) electrons. The molecule has 41 heavy (non-hydrogen) atoms.